The molecular weight excluding hydrogens is 364 g/mol. The van der Waals surface area contributed by atoms with Crippen LogP contribution in [-0.4, -0.2) is 33.6 Å². The van der Waals surface area contributed by atoms with Gasteiger partial charge in [0.25, 0.3) is 5.91 Å². The Morgan fingerprint density at radius 1 is 1.19 bits per heavy atom. The molecule has 0 aliphatic carbocycles. The lowest BCUT2D eigenvalue weighted by molar-refractivity contribution is 0.0857. The number of aryl methyl sites for hydroxylation is 1. The summed E-state index contributed by atoms with van der Waals surface area (Å²) < 4.78 is 33.2. The van der Waals surface area contributed by atoms with Crippen LogP contribution in [0.15, 0.2) is 53.4 Å². The fourth-order valence-corrected chi connectivity index (χ4v) is 4.07. The first-order valence-electron chi connectivity index (χ1n) is 8.99. The maximum Gasteiger partial charge on any atom is 0.251 e. The molecule has 0 bridgehead atoms. The Labute approximate surface area is 160 Å². The molecule has 0 saturated carbocycles. The molecule has 2 aromatic rings. The van der Waals surface area contributed by atoms with E-state index in [2.05, 4.69) is 10.0 Å². The highest BCUT2D eigenvalue weighted by molar-refractivity contribution is 7.89. The van der Waals surface area contributed by atoms with E-state index >= 15 is 0 Å². The summed E-state index contributed by atoms with van der Waals surface area (Å²) in [6.45, 7) is 3.30. The van der Waals surface area contributed by atoms with Crippen molar-refractivity contribution in [2.75, 3.05) is 13.2 Å². The predicted octanol–water partition coefficient (Wildman–Crippen LogP) is 2.38. The Morgan fingerprint density at radius 3 is 2.74 bits per heavy atom. The maximum atomic E-state index is 12.6. The average Bonchev–Trinajstić information content (AvgIpc) is 3.18. The molecule has 1 saturated heterocycles. The second-order valence-electron chi connectivity index (χ2n) is 6.69. The lowest BCUT2D eigenvalue weighted by atomic mass is 10.1. The van der Waals surface area contributed by atoms with E-state index in [9.17, 15) is 13.2 Å². The zero-order valence-corrected chi connectivity index (χ0v) is 16.1. The number of hydrogen-bond donors (Lipinski definition) is 2. The van der Waals surface area contributed by atoms with E-state index in [0.717, 1.165) is 30.6 Å². The topological polar surface area (TPSA) is 84.5 Å². The molecule has 0 aromatic heterocycles. The number of nitrogens with one attached hydrogen (secondary N) is 2. The van der Waals surface area contributed by atoms with Gasteiger partial charge in [-0.2, -0.15) is 0 Å². The summed E-state index contributed by atoms with van der Waals surface area (Å²) in [7, 11) is -3.71. The minimum atomic E-state index is -3.71. The van der Waals surface area contributed by atoms with Crippen molar-refractivity contribution in [2.24, 2.45) is 0 Å². The van der Waals surface area contributed by atoms with Crippen molar-refractivity contribution in [3.8, 4) is 0 Å². The smallest absolute Gasteiger partial charge is 0.251 e. The summed E-state index contributed by atoms with van der Waals surface area (Å²) >= 11 is 0. The normalized spacial score (nSPS) is 17.0. The molecule has 0 spiro atoms. The number of amides is 1. The number of rotatable bonds is 7. The van der Waals surface area contributed by atoms with Crippen LogP contribution in [0, 0.1) is 6.92 Å². The highest BCUT2D eigenvalue weighted by Crippen LogP contribution is 2.14. The van der Waals surface area contributed by atoms with Crippen LogP contribution < -0.4 is 10.0 Å². The Morgan fingerprint density at radius 2 is 2.00 bits per heavy atom. The molecular formula is C20H24N2O4S. The van der Waals surface area contributed by atoms with E-state index in [4.69, 9.17) is 4.74 Å². The van der Waals surface area contributed by atoms with Gasteiger partial charge in [0.05, 0.1) is 11.0 Å². The van der Waals surface area contributed by atoms with Crippen LogP contribution in [0.5, 0.6) is 0 Å². The summed E-state index contributed by atoms with van der Waals surface area (Å²) in [6.07, 6.45) is 1.97. The number of benzene rings is 2. The highest BCUT2D eigenvalue weighted by Gasteiger charge is 2.19. The molecule has 1 unspecified atom stereocenters. The van der Waals surface area contributed by atoms with Gasteiger partial charge < -0.3 is 10.1 Å². The molecule has 1 aliphatic heterocycles. The lowest BCUT2D eigenvalue weighted by Crippen LogP contribution is -2.32. The summed E-state index contributed by atoms with van der Waals surface area (Å²) in [6, 6.07) is 13.7. The number of ether oxygens (including phenoxy) is 1. The van der Waals surface area contributed by atoms with E-state index < -0.39 is 10.0 Å². The predicted molar refractivity (Wildman–Crippen MR) is 103 cm³/mol. The second kappa shape index (κ2) is 8.65. The van der Waals surface area contributed by atoms with Crippen molar-refractivity contribution in [1.29, 1.82) is 0 Å². The van der Waals surface area contributed by atoms with Gasteiger partial charge >= 0.3 is 0 Å². The Bertz CT molecular complexity index is 906. The summed E-state index contributed by atoms with van der Waals surface area (Å²) in [5.74, 6) is -0.304. The molecule has 2 aromatic carbocycles. The first-order valence-corrected chi connectivity index (χ1v) is 10.5. The van der Waals surface area contributed by atoms with Crippen LogP contribution in [0.2, 0.25) is 0 Å². The average molecular weight is 388 g/mol. The van der Waals surface area contributed by atoms with Crippen LogP contribution in [-0.2, 0) is 21.3 Å². The Hall–Kier alpha value is -2.22. The van der Waals surface area contributed by atoms with Crippen molar-refractivity contribution < 1.29 is 17.9 Å². The van der Waals surface area contributed by atoms with Gasteiger partial charge in [-0.1, -0.05) is 35.9 Å². The van der Waals surface area contributed by atoms with Gasteiger partial charge in [-0.3, -0.25) is 4.79 Å². The second-order valence-corrected chi connectivity index (χ2v) is 8.45. The number of carbonyl (C=O) groups is 1. The molecule has 1 aliphatic rings. The van der Waals surface area contributed by atoms with E-state index in [-0.39, 0.29) is 23.5 Å². The van der Waals surface area contributed by atoms with Gasteiger partial charge in [-0.05, 0) is 43.5 Å². The summed E-state index contributed by atoms with van der Waals surface area (Å²) in [5, 5.41) is 2.80. The van der Waals surface area contributed by atoms with Crippen LogP contribution in [0.3, 0.4) is 0 Å². The van der Waals surface area contributed by atoms with Crippen molar-refractivity contribution in [2.45, 2.75) is 37.3 Å². The molecule has 1 fully saturated rings. The van der Waals surface area contributed by atoms with Crippen LogP contribution in [0.1, 0.15) is 34.3 Å². The SMILES string of the molecule is Cc1cccc(CNS(=O)(=O)c2cccc(C(=O)NCC3CCCO3)c2)c1. The zero-order chi connectivity index (χ0) is 19.3. The summed E-state index contributed by atoms with van der Waals surface area (Å²) in [5.41, 5.74) is 2.26. The first-order chi connectivity index (χ1) is 12.9. The molecule has 27 heavy (non-hydrogen) atoms. The minimum Gasteiger partial charge on any atom is -0.376 e. The quantitative estimate of drug-likeness (QED) is 0.763. The van der Waals surface area contributed by atoms with Gasteiger partial charge in [0.1, 0.15) is 0 Å². The lowest BCUT2D eigenvalue weighted by Gasteiger charge is -2.12. The van der Waals surface area contributed by atoms with Crippen LogP contribution in [0.4, 0.5) is 0 Å². The third kappa shape index (κ3) is 5.38. The molecule has 6 nitrogen and oxygen atoms in total. The molecule has 144 valence electrons. The zero-order valence-electron chi connectivity index (χ0n) is 15.3. The Balaban J connectivity index is 1.64. The number of hydrogen-bond acceptors (Lipinski definition) is 4. The highest BCUT2D eigenvalue weighted by atomic mass is 32.2. The van der Waals surface area contributed by atoms with Gasteiger partial charge in [0.15, 0.2) is 0 Å². The molecule has 2 N–H and O–H groups in total. The van der Waals surface area contributed by atoms with Gasteiger partial charge in [-0.25, -0.2) is 13.1 Å². The van der Waals surface area contributed by atoms with Crippen molar-refractivity contribution in [3.05, 3.63) is 65.2 Å². The minimum absolute atomic E-state index is 0.0388. The fourth-order valence-electron chi connectivity index (χ4n) is 3.00. The molecule has 7 heteroatoms. The maximum absolute atomic E-state index is 12.6. The van der Waals surface area contributed by atoms with Crippen LogP contribution in [0.25, 0.3) is 0 Å². The van der Waals surface area contributed by atoms with Gasteiger partial charge in [-0.15, -0.1) is 0 Å². The van der Waals surface area contributed by atoms with E-state index in [1.807, 2.05) is 31.2 Å². The molecule has 1 amide bonds. The third-order valence-corrected chi connectivity index (χ3v) is 5.87. The van der Waals surface area contributed by atoms with Gasteiger partial charge in [0, 0.05) is 25.3 Å². The standard InChI is InChI=1S/C20H24N2O4S/c1-15-5-2-6-16(11-15)13-22-27(24,25)19-9-3-7-17(12-19)20(23)21-14-18-8-4-10-26-18/h2-3,5-7,9,11-12,18,22H,4,8,10,13-14H2,1H3,(H,21,23). The third-order valence-electron chi connectivity index (χ3n) is 4.47. The van der Waals surface area contributed by atoms with E-state index in [1.54, 1.807) is 12.1 Å². The first kappa shape index (κ1) is 19.5. The molecule has 1 heterocycles. The Kier molecular flexibility index (Phi) is 6.26. The molecule has 1 atom stereocenters. The summed E-state index contributed by atoms with van der Waals surface area (Å²) in [4.78, 5) is 12.4. The van der Waals surface area contributed by atoms with Crippen molar-refractivity contribution in [1.82, 2.24) is 10.0 Å². The fraction of sp³-hybridized carbons (Fsp3) is 0.350. The van der Waals surface area contributed by atoms with E-state index in [0.29, 0.717) is 12.1 Å². The monoisotopic (exact) mass is 388 g/mol. The molecule has 3 rings (SSSR count). The van der Waals surface area contributed by atoms with Crippen molar-refractivity contribution >= 4 is 15.9 Å². The van der Waals surface area contributed by atoms with Gasteiger partial charge in [0.2, 0.25) is 10.0 Å². The van der Waals surface area contributed by atoms with Crippen molar-refractivity contribution in [3.63, 3.8) is 0 Å². The number of sulfonamides is 1. The van der Waals surface area contributed by atoms with E-state index in [1.165, 1.54) is 12.1 Å². The van der Waals surface area contributed by atoms with Crippen LogP contribution >= 0.6 is 0 Å². The number of carbonyl (C=O) groups excluding carboxylic acids is 1. The largest absolute Gasteiger partial charge is 0.376 e. The molecule has 0 radical (unpaired) electrons.